The lowest BCUT2D eigenvalue weighted by atomic mass is 9.93. The van der Waals surface area contributed by atoms with Crippen molar-refractivity contribution in [3.05, 3.63) is 24.6 Å². The Morgan fingerprint density at radius 2 is 2.31 bits per heavy atom. The van der Waals surface area contributed by atoms with Gasteiger partial charge in [0.1, 0.15) is 0 Å². The SMILES string of the molecule is C=C(NCC1=NC=CC1)C(C)(C)C. The predicted molar refractivity (Wildman–Crippen MR) is 57.8 cm³/mol. The Balaban J connectivity index is 2.31. The number of nitrogens with zero attached hydrogens (tertiary/aromatic N) is 1. The van der Waals surface area contributed by atoms with Crippen LogP contribution in [0.3, 0.4) is 0 Å². The molecule has 1 N–H and O–H groups in total. The molecule has 0 amide bonds. The van der Waals surface area contributed by atoms with E-state index in [0.717, 1.165) is 18.7 Å². The van der Waals surface area contributed by atoms with E-state index >= 15 is 0 Å². The van der Waals surface area contributed by atoms with Gasteiger partial charge >= 0.3 is 0 Å². The summed E-state index contributed by atoms with van der Waals surface area (Å²) in [4.78, 5) is 4.22. The molecule has 0 aromatic heterocycles. The van der Waals surface area contributed by atoms with Crippen molar-refractivity contribution in [1.82, 2.24) is 5.32 Å². The molecule has 0 saturated heterocycles. The molecule has 1 rings (SSSR count). The van der Waals surface area contributed by atoms with Crippen LogP contribution in [0.25, 0.3) is 0 Å². The average Bonchev–Trinajstić information content (AvgIpc) is 2.50. The van der Waals surface area contributed by atoms with Crippen LogP contribution in [0.4, 0.5) is 0 Å². The first kappa shape index (κ1) is 10.0. The number of allylic oxidation sites excluding steroid dienone is 2. The Morgan fingerprint density at radius 1 is 1.62 bits per heavy atom. The fourth-order valence-electron chi connectivity index (χ4n) is 0.991. The first-order valence-electron chi connectivity index (χ1n) is 4.64. The second-order valence-corrected chi connectivity index (χ2v) is 4.37. The molecule has 0 aromatic rings. The van der Waals surface area contributed by atoms with Crippen LogP contribution in [-0.4, -0.2) is 12.3 Å². The van der Waals surface area contributed by atoms with E-state index in [2.05, 4.69) is 43.7 Å². The maximum Gasteiger partial charge on any atom is 0.0534 e. The minimum atomic E-state index is 0.132. The summed E-state index contributed by atoms with van der Waals surface area (Å²) in [6.45, 7) is 11.3. The molecule has 0 bridgehead atoms. The summed E-state index contributed by atoms with van der Waals surface area (Å²) in [6, 6.07) is 0. The zero-order valence-corrected chi connectivity index (χ0v) is 8.72. The highest BCUT2D eigenvalue weighted by atomic mass is 14.9. The summed E-state index contributed by atoms with van der Waals surface area (Å²) in [5, 5.41) is 3.30. The van der Waals surface area contributed by atoms with E-state index in [1.165, 1.54) is 5.71 Å². The lowest BCUT2D eigenvalue weighted by molar-refractivity contribution is 0.471. The molecule has 72 valence electrons. The van der Waals surface area contributed by atoms with Crippen LogP contribution in [0.1, 0.15) is 27.2 Å². The molecule has 1 aliphatic heterocycles. The first-order chi connectivity index (χ1) is 6.00. The monoisotopic (exact) mass is 178 g/mol. The van der Waals surface area contributed by atoms with Crippen LogP contribution in [0, 0.1) is 5.41 Å². The van der Waals surface area contributed by atoms with Gasteiger partial charge in [-0.15, -0.1) is 0 Å². The summed E-state index contributed by atoms with van der Waals surface area (Å²) >= 11 is 0. The highest BCUT2D eigenvalue weighted by molar-refractivity contribution is 5.89. The van der Waals surface area contributed by atoms with Crippen molar-refractivity contribution in [2.24, 2.45) is 10.4 Å². The molecule has 0 atom stereocenters. The van der Waals surface area contributed by atoms with E-state index in [1.54, 1.807) is 0 Å². The fourth-order valence-corrected chi connectivity index (χ4v) is 0.991. The lowest BCUT2D eigenvalue weighted by Gasteiger charge is -2.23. The highest BCUT2D eigenvalue weighted by Gasteiger charge is 2.14. The van der Waals surface area contributed by atoms with Crippen LogP contribution in [0.5, 0.6) is 0 Å². The van der Waals surface area contributed by atoms with Crippen molar-refractivity contribution in [3.63, 3.8) is 0 Å². The van der Waals surface area contributed by atoms with Gasteiger partial charge in [0, 0.05) is 29.4 Å². The van der Waals surface area contributed by atoms with Gasteiger partial charge in [-0.25, -0.2) is 0 Å². The second kappa shape index (κ2) is 3.77. The zero-order chi connectivity index (χ0) is 9.90. The fraction of sp³-hybridized carbons (Fsp3) is 0.545. The smallest absolute Gasteiger partial charge is 0.0534 e. The minimum Gasteiger partial charge on any atom is -0.383 e. The largest absolute Gasteiger partial charge is 0.383 e. The minimum absolute atomic E-state index is 0.132. The third-order valence-electron chi connectivity index (χ3n) is 2.13. The van der Waals surface area contributed by atoms with Gasteiger partial charge in [0.05, 0.1) is 6.54 Å². The van der Waals surface area contributed by atoms with Crippen LogP contribution < -0.4 is 5.32 Å². The van der Waals surface area contributed by atoms with Crippen molar-refractivity contribution in [2.75, 3.05) is 6.54 Å². The molecule has 0 unspecified atom stereocenters. The number of rotatable bonds is 3. The molecule has 2 nitrogen and oxygen atoms in total. The average molecular weight is 178 g/mol. The van der Waals surface area contributed by atoms with Gasteiger partial charge in [0.25, 0.3) is 0 Å². The normalized spacial score (nSPS) is 15.8. The van der Waals surface area contributed by atoms with Crippen molar-refractivity contribution in [3.8, 4) is 0 Å². The Morgan fingerprint density at radius 3 is 2.77 bits per heavy atom. The van der Waals surface area contributed by atoms with Crippen molar-refractivity contribution in [1.29, 1.82) is 0 Å². The summed E-state index contributed by atoms with van der Waals surface area (Å²) in [6.07, 6.45) is 4.90. The molecule has 0 radical (unpaired) electrons. The van der Waals surface area contributed by atoms with Gasteiger partial charge in [-0.05, 0) is 0 Å². The van der Waals surface area contributed by atoms with Crippen LogP contribution in [-0.2, 0) is 0 Å². The Bertz CT molecular complexity index is 254. The standard InChI is InChI=1S/C11H18N2/c1-9(11(2,3)4)13-8-10-6-5-7-12-10/h5,7,13H,1,6,8H2,2-4H3. The van der Waals surface area contributed by atoms with Gasteiger partial charge in [0.15, 0.2) is 0 Å². The first-order valence-corrected chi connectivity index (χ1v) is 4.64. The van der Waals surface area contributed by atoms with E-state index in [-0.39, 0.29) is 5.41 Å². The zero-order valence-electron chi connectivity index (χ0n) is 8.72. The number of aliphatic imine (C=N–C) groups is 1. The molecule has 0 aliphatic carbocycles. The maximum atomic E-state index is 4.22. The molecule has 0 fully saturated rings. The molecular weight excluding hydrogens is 160 g/mol. The number of hydrogen-bond acceptors (Lipinski definition) is 2. The molecule has 0 spiro atoms. The third-order valence-corrected chi connectivity index (χ3v) is 2.13. The summed E-state index contributed by atoms with van der Waals surface area (Å²) in [5.74, 6) is 0. The van der Waals surface area contributed by atoms with Crippen molar-refractivity contribution >= 4 is 5.71 Å². The molecule has 0 saturated carbocycles. The van der Waals surface area contributed by atoms with E-state index in [9.17, 15) is 0 Å². The van der Waals surface area contributed by atoms with E-state index in [4.69, 9.17) is 0 Å². The molecule has 0 aromatic carbocycles. The predicted octanol–water partition coefficient (Wildman–Crippen LogP) is 2.49. The van der Waals surface area contributed by atoms with E-state index in [1.807, 2.05) is 6.20 Å². The lowest BCUT2D eigenvalue weighted by Crippen LogP contribution is -2.27. The Hall–Kier alpha value is -1.05. The van der Waals surface area contributed by atoms with Gasteiger partial charge in [0.2, 0.25) is 0 Å². The topological polar surface area (TPSA) is 24.4 Å². The Labute approximate surface area is 80.4 Å². The van der Waals surface area contributed by atoms with Gasteiger partial charge in [-0.1, -0.05) is 33.4 Å². The quantitative estimate of drug-likeness (QED) is 0.705. The Kier molecular flexibility index (Phi) is 2.91. The van der Waals surface area contributed by atoms with Crippen molar-refractivity contribution in [2.45, 2.75) is 27.2 Å². The van der Waals surface area contributed by atoms with E-state index < -0.39 is 0 Å². The summed E-state index contributed by atoms with van der Waals surface area (Å²) < 4.78 is 0. The molecule has 2 heteroatoms. The summed E-state index contributed by atoms with van der Waals surface area (Å²) in [7, 11) is 0. The molecular formula is C11H18N2. The van der Waals surface area contributed by atoms with Gasteiger partial charge in [-0.3, -0.25) is 4.99 Å². The number of nitrogens with one attached hydrogen (secondary N) is 1. The van der Waals surface area contributed by atoms with Crippen LogP contribution >= 0.6 is 0 Å². The maximum absolute atomic E-state index is 4.22. The third kappa shape index (κ3) is 3.05. The van der Waals surface area contributed by atoms with E-state index in [0.29, 0.717) is 0 Å². The summed E-state index contributed by atoms with van der Waals surface area (Å²) in [5.41, 5.74) is 2.39. The van der Waals surface area contributed by atoms with Gasteiger partial charge < -0.3 is 5.32 Å². The molecule has 13 heavy (non-hydrogen) atoms. The van der Waals surface area contributed by atoms with Crippen LogP contribution in [0.2, 0.25) is 0 Å². The second-order valence-electron chi connectivity index (χ2n) is 4.37. The number of hydrogen-bond donors (Lipinski definition) is 1. The molecule has 1 heterocycles. The van der Waals surface area contributed by atoms with Crippen LogP contribution in [0.15, 0.2) is 29.5 Å². The van der Waals surface area contributed by atoms with Gasteiger partial charge in [-0.2, -0.15) is 0 Å². The highest BCUT2D eigenvalue weighted by Crippen LogP contribution is 2.20. The van der Waals surface area contributed by atoms with Crippen molar-refractivity contribution < 1.29 is 0 Å². The molecule has 1 aliphatic rings.